The van der Waals surface area contributed by atoms with E-state index >= 15 is 0 Å². The monoisotopic (exact) mass is 541 g/mol. The lowest BCUT2D eigenvalue weighted by molar-refractivity contribution is -0.136. The van der Waals surface area contributed by atoms with Crippen LogP contribution in [0.4, 0.5) is 0 Å². The Morgan fingerprint density at radius 1 is 1.14 bits per heavy atom. The van der Waals surface area contributed by atoms with Gasteiger partial charge in [-0.15, -0.1) is 0 Å². The van der Waals surface area contributed by atoms with Crippen molar-refractivity contribution < 1.29 is 28.5 Å². The fourth-order valence-corrected chi connectivity index (χ4v) is 4.88. The summed E-state index contributed by atoms with van der Waals surface area (Å²) in [6.45, 7) is 4.26. The van der Waals surface area contributed by atoms with E-state index in [-0.39, 0.29) is 29.3 Å². The lowest BCUT2D eigenvalue weighted by Gasteiger charge is -2.38. The molecule has 1 unspecified atom stereocenters. The van der Waals surface area contributed by atoms with Crippen molar-refractivity contribution >= 4 is 27.7 Å². The molecule has 7 nitrogen and oxygen atoms in total. The molecule has 0 saturated carbocycles. The Labute approximate surface area is 213 Å². The van der Waals surface area contributed by atoms with Crippen LogP contribution in [0, 0.1) is 5.41 Å². The number of ketones is 1. The van der Waals surface area contributed by atoms with Crippen LogP contribution in [-0.4, -0.2) is 26.0 Å². The standard InChI is InChI=1S/C27H28BrNO6/c1-27(2)12-18(30)22-20(13-27)35-25(29)23(26(31)33-4)21(22)17-6-5-7-19(32-3)24(17)34-14-15-8-10-16(28)11-9-15/h5-11,21H,12-14,29H2,1-4H3. The Kier molecular flexibility index (Phi) is 6.94. The number of Topliss-reactive ketones (excluding diaryl/α,β-unsaturated/α-hetero) is 1. The summed E-state index contributed by atoms with van der Waals surface area (Å²) in [6.07, 6.45) is 0.831. The zero-order valence-corrected chi connectivity index (χ0v) is 21.7. The molecule has 2 aromatic carbocycles. The van der Waals surface area contributed by atoms with Crippen LogP contribution in [0.25, 0.3) is 0 Å². The van der Waals surface area contributed by atoms with Crippen molar-refractivity contribution in [1.29, 1.82) is 0 Å². The van der Waals surface area contributed by atoms with Gasteiger partial charge in [0.05, 0.1) is 20.1 Å². The second-order valence-electron chi connectivity index (χ2n) is 9.38. The first-order chi connectivity index (χ1) is 16.6. The van der Waals surface area contributed by atoms with E-state index in [9.17, 15) is 9.59 Å². The minimum atomic E-state index is -0.815. The van der Waals surface area contributed by atoms with Crippen LogP contribution in [0.1, 0.15) is 43.7 Å². The van der Waals surface area contributed by atoms with Gasteiger partial charge < -0.3 is 24.7 Å². The highest BCUT2D eigenvalue weighted by Crippen LogP contribution is 2.51. The average molecular weight is 542 g/mol. The number of hydrogen-bond donors (Lipinski definition) is 1. The maximum absolute atomic E-state index is 13.4. The van der Waals surface area contributed by atoms with Crippen molar-refractivity contribution in [2.24, 2.45) is 11.1 Å². The third kappa shape index (κ3) is 4.93. The largest absolute Gasteiger partial charge is 0.493 e. The fourth-order valence-electron chi connectivity index (χ4n) is 4.62. The van der Waals surface area contributed by atoms with E-state index < -0.39 is 11.9 Å². The van der Waals surface area contributed by atoms with E-state index in [1.807, 2.05) is 44.2 Å². The number of carbonyl (C=O) groups excluding carboxylic acids is 2. The number of allylic oxidation sites excluding steroid dienone is 2. The van der Waals surface area contributed by atoms with Gasteiger partial charge in [-0.25, -0.2) is 4.79 Å². The highest BCUT2D eigenvalue weighted by molar-refractivity contribution is 9.10. The Morgan fingerprint density at radius 3 is 2.51 bits per heavy atom. The van der Waals surface area contributed by atoms with Crippen LogP contribution < -0.4 is 15.2 Å². The van der Waals surface area contributed by atoms with Crippen LogP contribution in [0.2, 0.25) is 0 Å². The molecule has 1 heterocycles. The molecule has 184 valence electrons. The van der Waals surface area contributed by atoms with Crippen LogP contribution >= 0.6 is 15.9 Å². The second kappa shape index (κ2) is 9.77. The Hall–Kier alpha value is -3.26. The number of esters is 1. The molecule has 4 rings (SSSR count). The first kappa shape index (κ1) is 24.9. The summed E-state index contributed by atoms with van der Waals surface area (Å²) in [5.74, 6) is -0.293. The third-order valence-corrected chi connectivity index (χ3v) is 6.73. The van der Waals surface area contributed by atoms with Gasteiger partial charge in [-0.2, -0.15) is 0 Å². The molecule has 8 heteroatoms. The molecule has 0 aromatic heterocycles. The molecule has 0 radical (unpaired) electrons. The first-order valence-electron chi connectivity index (χ1n) is 11.2. The molecule has 2 N–H and O–H groups in total. The number of hydrogen-bond acceptors (Lipinski definition) is 7. The van der Waals surface area contributed by atoms with Crippen molar-refractivity contribution in [2.75, 3.05) is 14.2 Å². The average Bonchev–Trinajstić information content (AvgIpc) is 2.81. The van der Waals surface area contributed by atoms with Gasteiger partial charge in [-0.05, 0) is 29.2 Å². The summed E-state index contributed by atoms with van der Waals surface area (Å²) in [5.41, 5.74) is 7.96. The van der Waals surface area contributed by atoms with Crippen LogP contribution in [0.3, 0.4) is 0 Å². The number of nitrogens with two attached hydrogens (primary N) is 1. The van der Waals surface area contributed by atoms with Gasteiger partial charge in [0.15, 0.2) is 17.3 Å². The summed E-state index contributed by atoms with van der Waals surface area (Å²) >= 11 is 3.44. The van der Waals surface area contributed by atoms with Gasteiger partial charge in [-0.1, -0.05) is 54.0 Å². The van der Waals surface area contributed by atoms with E-state index in [0.717, 1.165) is 10.0 Å². The van der Waals surface area contributed by atoms with Gasteiger partial charge in [0.25, 0.3) is 0 Å². The summed E-state index contributed by atoms with van der Waals surface area (Å²) in [4.78, 5) is 26.3. The molecule has 0 spiro atoms. The summed E-state index contributed by atoms with van der Waals surface area (Å²) < 4.78 is 23.7. The lowest BCUT2D eigenvalue weighted by atomic mass is 9.70. The highest BCUT2D eigenvalue weighted by Gasteiger charge is 2.46. The van der Waals surface area contributed by atoms with Gasteiger partial charge >= 0.3 is 5.97 Å². The molecule has 35 heavy (non-hydrogen) atoms. The number of benzene rings is 2. The smallest absolute Gasteiger partial charge is 0.340 e. The summed E-state index contributed by atoms with van der Waals surface area (Å²) in [5, 5.41) is 0. The van der Waals surface area contributed by atoms with E-state index in [1.54, 1.807) is 19.2 Å². The molecule has 1 atom stereocenters. The van der Waals surface area contributed by atoms with Crippen LogP contribution in [0.15, 0.2) is 69.7 Å². The SMILES string of the molecule is COC(=O)C1=C(N)OC2=C(C(=O)CC(C)(C)C2)C1c1cccc(OC)c1OCc1ccc(Br)cc1. The number of para-hydroxylation sites is 1. The molecular formula is C27H28BrNO6. The Morgan fingerprint density at radius 2 is 1.86 bits per heavy atom. The molecular weight excluding hydrogens is 514 g/mol. The van der Waals surface area contributed by atoms with Crippen LogP contribution in [-0.2, 0) is 25.7 Å². The van der Waals surface area contributed by atoms with E-state index in [4.69, 9.17) is 24.7 Å². The van der Waals surface area contributed by atoms with E-state index in [1.165, 1.54) is 7.11 Å². The minimum Gasteiger partial charge on any atom is -0.493 e. The highest BCUT2D eigenvalue weighted by atomic mass is 79.9. The van der Waals surface area contributed by atoms with Crippen molar-refractivity contribution in [3.05, 3.63) is 80.9 Å². The van der Waals surface area contributed by atoms with Crippen molar-refractivity contribution in [2.45, 2.75) is 39.2 Å². The quantitative estimate of drug-likeness (QED) is 0.505. The molecule has 0 amide bonds. The van der Waals surface area contributed by atoms with E-state index in [0.29, 0.717) is 41.2 Å². The van der Waals surface area contributed by atoms with Crippen LogP contribution in [0.5, 0.6) is 11.5 Å². The van der Waals surface area contributed by atoms with Gasteiger partial charge in [0, 0.05) is 28.5 Å². The first-order valence-corrected chi connectivity index (χ1v) is 12.0. The number of rotatable bonds is 6. The normalized spacial score (nSPS) is 19.1. The van der Waals surface area contributed by atoms with Crippen molar-refractivity contribution in [1.82, 2.24) is 0 Å². The predicted molar refractivity (Wildman–Crippen MR) is 134 cm³/mol. The molecule has 2 aliphatic rings. The maximum atomic E-state index is 13.4. The second-order valence-corrected chi connectivity index (χ2v) is 10.3. The van der Waals surface area contributed by atoms with Crippen molar-refractivity contribution in [3.63, 3.8) is 0 Å². The van der Waals surface area contributed by atoms with Gasteiger partial charge in [-0.3, -0.25) is 4.79 Å². The third-order valence-electron chi connectivity index (χ3n) is 6.20. The molecule has 1 aliphatic heterocycles. The molecule has 0 bridgehead atoms. The summed E-state index contributed by atoms with van der Waals surface area (Å²) in [6, 6.07) is 13.1. The number of halogens is 1. The zero-order chi connectivity index (χ0) is 25.3. The van der Waals surface area contributed by atoms with Gasteiger partial charge in [0.1, 0.15) is 17.9 Å². The summed E-state index contributed by atoms with van der Waals surface area (Å²) in [7, 11) is 2.81. The van der Waals surface area contributed by atoms with Crippen molar-refractivity contribution in [3.8, 4) is 11.5 Å². The topological polar surface area (TPSA) is 97.1 Å². The van der Waals surface area contributed by atoms with E-state index in [2.05, 4.69) is 15.9 Å². The molecule has 0 fully saturated rings. The predicted octanol–water partition coefficient (Wildman–Crippen LogP) is 5.14. The molecule has 2 aromatic rings. The number of methoxy groups -OCH3 is 2. The maximum Gasteiger partial charge on any atom is 0.340 e. The lowest BCUT2D eigenvalue weighted by Crippen LogP contribution is -2.35. The van der Waals surface area contributed by atoms with Gasteiger partial charge in [0.2, 0.25) is 5.88 Å². The Bertz CT molecular complexity index is 1230. The zero-order valence-electron chi connectivity index (χ0n) is 20.1. The fraction of sp³-hybridized carbons (Fsp3) is 0.333. The molecule has 0 saturated heterocycles. The minimum absolute atomic E-state index is 0.0704. The number of carbonyl (C=O) groups is 2. The molecule has 1 aliphatic carbocycles. The Balaban J connectivity index is 1.86. The number of ether oxygens (including phenoxy) is 4.